The number of halogens is 1. The molecule has 1 aliphatic heterocycles. The Hall–Kier alpha value is -2.89. The van der Waals surface area contributed by atoms with E-state index in [1.54, 1.807) is 41.5 Å². The van der Waals surface area contributed by atoms with E-state index in [0.29, 0.717) is 47.9 Å². The molecule has 0 spiro atoms. The van der Waals surface area contributed by atoms with E-state index in [-0.39, 0.29) is 10.8 Å². The molecular weight excluding hydrogens is 498 g/mol. The van der Waals surface area contributed by atoms with Crippen LogP contribution in [0.1, 0.15) is 12.5 Å². The maximum absolute atomic E-state index is 12.9. The van der Waals surface area contributed by atoms with Gasteiger partial charge in [0.2, 0.25) is 0 Å². The summed E-state index contributed by atoms with van der Waals surface area (Å²) in [5, 5.41) is 2.61. The normalized spacial score (nSPS) is 15.1. The zero-order valence-corrected chi connectivity index (χ0v) is 21.0. The van der Waals surface area contributed by atoms with Gasteiger partial charge in [-0.05, 0) is 49.7 Å². The summed E-state index contributed by atoms with van der Waals surface area (Å²) in [5.74, 6) is 1.20. The highest BCUT2D eigenvalue weighted by atomic mass is 35.5. The average molecular weight is 522 g/mol. The molecule has 1 fully saturated rings. The van der Waals surface area contributed by atoms with Crippen LogP contribution in [-0.2, 0) is 14.8 Å². The second-order valence-corrected chi connectivity index (χ2v) is 10.8. The molecule has 1 saturated heterocycles. The number of pyridine rings is 1. The highest BCUT2D eigenvalue weighted by molar-refractivity contribution is 7.93. The topological polar surface area (TPSA) is 105 Å². The smallest absolute Gasteiger partial charge is 0.265 e. The van der Waals surface area contributed by atoms with Crippen LogP contribution in [-0.4, -0.2) is 61.5 Å². The molecule has 0 bridgehead atoms. The van der Waals surface area contributed by atoms with E-state index in [1.807, 2.05) is 11.8 Å². The van der Waals surface area contributed by atoms with Crippen molar-refractivity contribution < 1.29 is 17.9 Å². The van der Waals surface area contributed by atoms with E-state index < -0.39 is 16.1 Å². The molecule has 3 heterocycles. The first-order chi connectivity index (χ1) is 16.2. The Morgan fingerprint density at radius 3 is 2.56 bits per heavy atom. The number of hydrogen-bond acceptors (Lipinski definition) is 8. The van der Waals surface area contributed by atoms with Crippen molar-refractivity contribution in [2.45, 2.75) is 24.8 Å². The van der Waals surface area contributed by atoms with E-state index >= 15 is 0 Å². The fourth-order valence-electron chi connectivity index (χ4n) is 3.57. The summed E-state index contributed by atoms with van der Waals surface area (Å²) in [6.07, 6.45) is 2.23. The number of carbonyl (C=O) groups excluding carboxylic acids is 1. The molecule has 0 aliphatic carbocycles. The van der Waals surface area contributed by atoms with Gasteiger partial charge in [0.1, 0.15) is 16.5 Å². The Labute approximate surface area is 207 Å². The van der Waals surface area contributed by atoms with Gasteiger partial charge in [0, 0.05) is 49.0 Å². The van der Waals surface area contributed by atoms with Crippen molar-refractivity contribution in [2.24, 2.45) is 0 Å². The molecule has 1 aliphatic rings. The lowest BCUT2D eigenvalue weighted by molar-refractivity contribution is -0.138. The number of rotatable bonds is 7. The van der Waals surface area contributed by atoms with Crippen molar-refractivity contribution in [3.63, 3.8) is 0 Å². The largest absolute Gasteiger partial charge is 0.481 e. The summed E-state index contributed by atoms with van der Waals surface area (Å²) < 4.78 is 33.2. The van der Waals surface area contributed by atoms with E-state index in [2.05, 4.69) is 14.7 Å². The van der Waals surface area contributed by atoms with Crippen LogP contribution in [0.2, 0.25) is 5.02 Å². The number of amides is 1. The average Bonchev–Trinajstić information content (AvgIpc) is 3.33. The van der Waals surface area contributed by atoms with Gasteiger partial charge in [-0.15, -0.1) is 11.3 Å². The lowest BCUT2D eigenvalue weighted by atomic mass is 10.2. The molecule has 2 aromatic heterocycles. The molecule has 0 saturated carbocycles. The number of anilines is 2. The maximum atomic E-state index is 12.9. The third-order valence-electron chi connectivity index (χ3n) is 5.39. The number of piperazine rings is 1. The number of carbonyl (C=O) groups is 1. The van der Waals surface area contributed by atoms with Crippen LogP contribution in [0, 0.1) is 6.92 Å². The SMILES string of the molecule is Cc1cc(Cl)ccc1O[C@H](C)C(=O)N1CCN(c2ccc(S(=O)(=O)Nc3nccs3)cn2)CC1. The standard InChI is InChI=1S/C22H24ClN5O4S2/c1-15-13-17(23)3-5-19(15)32-16(2)21(29)28-10-8-27(9-11-28)20-6-4-18(14-25-20)34(30,31)26-22-24-7-12-33-22/h3-7,12-14,16H,8-11H2,1-2H3,(H,24,26)/t16-/m1/s1. The van der Waals surface area contributed by atoms with E-state index in [4.69, 9.17) is 16.3 Å². The number of nitrogens with zero attached hydrogens (tertiary/aromatic N) is 4. The van der Waals surface area contributed by atoms with Gasteiger partial charge < -0.3 is 14.5 Å². The Morgan fingerprint density at radius 1 is 1.18 bits per heavy atom. The number of nitrogens with one attached hydrogen (secondary N) is 1. The van der Waals surface area contributed by atoms with E-state index in [0.717, 1.165) is 5.56 Å². The zero-order valence-electron chi connectivity index (χ0n) is 18.6. The molecule has 9 nitrogen and oxygen atoms in total. The van der Waals surface area contributed by atoms with Gasteiger partial charge in [-0.3, -0.25) is 9.52 Å². The Kier molecular flexibility index (Phi) is 7.24. The molecule has 34 heavy (non-hydrogen) atoms. The molecule has 1 amide bonds. The van der Waals surface area contributed by atoms with Crippen LogP contribution < -0.4 is 14.4 Å². The first kappa shape index (κ1) is 24.2. The summed E-state index contributed by atoms with van der Waals surface area (Å²) in [6, 6.07) is 8.48. The molecule has 12 heteroatoms. The minimum Gasteiger partial charge on any atom is -0.481 e. The summed E-state index contributed by atoms with van der Waals surface area (Å²) in [7, 11) is -3.75. The Morgan fingerprint density at radius 2 is 1.94 bits per heavy atom. The van der Waals surface area contributed by atoms with Gasteiger partial charge >= 0.3 is 0 Å². The predicted octanol–water partition coefficient (Wildman–Crippen LogP) is 3.42. The molecule has 3 aromatic rings. The van der Waals surface area contributed by atoms with Crippen LogP contribution in [0.4, 0.5) is 10.9 Å². The van der Waals surface area contributed by atoms with Crippen LogP contribution in [0.15, 0.2) is 53.0 Å². The molecule has 0 radical (unpaired) electrons. The molecule has 180 valence electrons. The number of sulfonamides is 1. The number of aryl methyl sites for hydroxylation is 1. The Balaban J connectivity index is 1.33. The highest BCUT2D eigenvalue weighted by Gasteiger charge is 2.27. The monoisotopic (exact) mass is 521 g/mol. The molecule has 4 rings (SSSR count). The highest BCUT2D eigenvalue weighted by Crippen LogP contribution is 2.24. The van der Waals surface area contributed by atoms with Gasteiger partial charge in [-0.1, -0.05) is 11.6 Å². The van der Waals surface area contributed by atoms with Crippen molar-refractivity contribution in [3.8, 4) is 5.75 Å². The summed E-state index contributed by atoms with van der Waals surface area (Å²) in [6.45, 7) is 5.81. The third-order valence-corrected chi connectivity index (χ3v) is 7.77. The summed E-state index contributed by atoms with van der Waals surface area (Å²) >= 11 is 7.19. The van der Waals surface area contributed by atoms with Crippen molar-refractivity contribution in [1.29, 1.82) is 0 Å². The molecule has 1 aromatic carbocycles. The van der Waals surface area contributed by atoms with Gasteiger partial charge in [0.05, 0.1) is 0 Å². The molecule has 0 unspecified atom stereocenters. The van der Waals surface area contributed by atoms with Gasteiger partial charge in [0.15, 0.2) is 11.2 Å². The van der Waals surface area contributed by atoms with Crippen LogP contribution in [0.3, 0.4) is 0 Å². The minimum absolute atomic E-state index is 0.0590. The number of hydrogen-bond donors (Lipinski definition) is 1. The van der Waals surface area contributed by atoms with Crippen LogP contribution in [0.5, 0.6) is 5.75 Å². The quantitative estimate of drug-likeness (QED) is 0.508. The van der Waals surface area contributed by atoms with Crippen LogP contribution >= 0.6 is 22.9 Å². The fraction of sp³-hybridized carbons (Fsp3) is 0.318. The van der Waals surface area contributed by atoms with Crippen LogP contribution in [0.25, 0.3) is 0 Å². The maximum Gasteiger partial charge on any atom is 0.265 e. The van der Waals surface area contributed by atoms with Gasteiger partial charge in [0.25, 0.3) is 15.9 Å². The van der Waals surface area contributed by atoms with Crippen molar-refractivity contribution >= 4 is 49.8 Å². The fourth-order valence-corrected chi connectivity index (χ4v) is 5.52. The lowest BCUT2D eigenvalue weighted by Crippen LogP contribution is -2.52. The van der Waals surface area contributed by atoms with Crippen molar-refractivity contribution in [2.75, 3.05) is 35.8 Å². The molecule has 1 atom stereocenters. The van der Waals surface area contributed by atoms with E-state index in [9.17, 15) is 13.2 Å². The van der Waals surface area contributed by atoms with Gasteiger partial charge in [-0.2, -0.15) is 0 Å². The molecule has 1 N–H and O–H groups in total. The van der Waals surface area contributed by atoms with E-state index in [1.165, 1.54) is 29.8 Å². The lowest BCUT2D eigenvalue weighted by Gasteiger charge is -2.36. The van der Waals surface area contributed by atoms with Crippen molar-refractivity contribution in [3.05, 3.63) is 58.7 Å². The minimum atomic E-state index is -3.75. The zero-order chi connectivity index (χ0) is 24.3. The first-order valence-corrected chi connectivity index (χ1v) is 13.3. The summed E-state index contributed by atoms with van der Waals surface area (Å²) in [4.78, 5) is 25.0. The van der Waals surface area contributed by atoms with Gasteiger partial charge in [-0.25, -0.2) is 18.4 Å². The number of thiazole rings is 1. The number of ether oxygens (including phenoxy) is 1. The number of aromatic nitrogens is 2. The molecular formula is C22H24ClN5O4S2. The number of benzene rings is 1. The van der Waals surface area contributed by atoms with Crippen molar-refractivity contribution in [1.82, 2.24) is 14.9 Å². The third kappa shape index (κ3) is 5.60. The second-order valence-electron chi connectivity index (χ2n) is 7.78. The predicted molar refractivity (Wildman–Crippen MR) is 132 cm³/mol. The second kappa shape index (κ2) is 10.2. The summed E-state index contributed by atoms with van der Waals surface area (Å²) in [5.41, 5.74) is 0.871. The first-order valence-electron chi connectivity index (χ1n) is 10.6. The Bertz CT molecular complexity index is 1240.